The summed E-state index contributed by atoms with van der Waals surface area (Å²) in [5.41, 5.74) is 2.04. The fourth-order valence-corrected chi connectivity index (χ4v) is 2.54. The van der Waals surface area contributed by atoms with E-state index in [0.29, 0.717) is 24.3 Å². The van der Waals surface area contributed by atoms with Crippen LogP contribution in [0.5, 0.6) is 0 Å². The molecule has 5 heteroatoms. The lowest BCUT2D eigenvalue weighted by molar-refractivity contribution is -0.131. The molecule has 5 nitrogen and oxygen atoms in total. The number of anilines is 1. The molecule has 0 aliphatic heterocycles. The normalized spacial score (nSPS) is 9.96. The van der Waals surface area contributed by atoms with Gasteiger partial charge in [0.05, 0.1) is 11.6 Å². The van der Waals surface area contributed by atoms with Crippen LogP contribution in [-0.4, -0.2) is 29.8 Å². The minimum absolute atomic E-state index is 0.0507. The number of amides is 2. The van der Waals surface area contributed by atoms with Crippen LogP contribution in [0.1, 0.15) is 25.0 Å². The van der Waals surface area contributed by atoms with Crippen LogP contribution in [0, 0.1) is 11.3 Å². The number of hydrogen-bond donors (Lipinski definition) is 0. The maximum atomic E-state index is 12.7. The number of hydrogen-bond acceptors (Lipinski definition) is 3. The highest BCUT2D eigenvalue weighted by molar-refractivity contribution is 5.97. The van der Waals surface area contributed by atoms with Crippen molar-refractivity contribution in [3.63, 3.8) is 0 Å². The molecule has 0 saturated heterocycles. The molecule has 0 unspecified atom stereocenters. The third-order valence-electron chi connectivity index (χ3n) is 3.91. The van der Waals surface area contributed by atoms with E-state index in [2.05, 4.69) is 0 Å². The van der Waals surface area contributed by atoms with Crippen molar-refractivity contribution in [3.8, 4) is 6.07 Å². The van der Waals surface area contributed by atoms with Gasteiger partial charge in [-0.15, -0.1) is 0 Å². The average Bonchev–Trinajstić information content (AvgIpc) is 2.64. The third-order valence-corrected chi connectivity index (χ3v) is 3.91. The van der Waals surface area contributed by atoms with Gasteiger partial charge in [-0.1, -0.05) is 36.4 Å². The summed E-state index contributed by atoms with van der Waals surface area (Å²) in [6, 6.07) is 18.5. The molecule has 2 aromatic carbocycles. The molecule has 0 spiro atoms. The summed E-state index contributed by atoms with van der Waals surface area (Å²) in [6.07, 6.45) is 0. The minimum atomic E-state index is -0.237. The molecule has 0 atom stereocenters. The Labute approximate surface area is 148 Å². The van der Waals surface area contributed by atoms with Crippen molar-refractivity contribution >= 4 is 17.5 Å². The summed E-state index contributed by atoms with van der Waals surface area (Å²) >= 11 is 0. The van der Waals surface area contributed by atoms with E-state index in [1.807, 2.05) is 43.3 Å². The van der Waals surface area contributed by atoms with Crippen molar-refractivity contribution in [2.45, 2.75) is 20.4 Å². The van der Waals surface area contributed by atoms with Gasteiger partial charge in [-0.2, -0.15) is 5.26 Å². The van der Waals surface area contributed by atoms with E-state index in [0.717, 1.165) is 5.56 Å². The van der Waals surface area contributed by atoms with Gasteiger partial charge < -0.3 is 9.80 Å². The van der Waals surface area contributed by atoms with Crippen LogP contribution < -0.4 is 4.90 Å². The standard InChI is InChI=1S/C20H21N3O2/c1-3-22(14-17-8-5-4-6-9-17)20(25)15-23(16(2)24)19-11-7-10-18(12-19)13-21/h4-12H,3,14-15H2,1-2H3. The van der Waals surface area contributed by atoms with E-state index in [9.17, 15) is 9.59 Å². The predicted molar refractivity (Wildman–Crippen MR) is 96.7 cm³/mol. The van der Waals surface area contributed by atoms with Gasteiger partial charge in [0.15, 0.2) is 0 Å². The van der Waals surface area contributed by atoms with E-state index in [4.69, 9.17) is 5.26 Å². The number of carbonyl (C=O) groups excluding carboxylic acids is 2. The molecule has 0 radical (unpaired) electrons. The molecule has 0 bridgehead atoms. The molecule has 0 fully saturated rings. The lowest BCUT2D eigenvalue weighted by Crippen LogP contribution is -2.42. The monoisotopic (exact) mass is 335 g/mol. The van der Waals surface area contributed by atoms with Crippen LogP contribution in [-0.2, 0) is 16.1 Å². The van der Waals surface area contributed by atoms with E-state index < -0.39 is 0 Å². The highest BCUT2D eigenvalue weighted by Gasteiger charge is 2.20. The van der Waals surface area contributed by atoms with Crippen LogP contribution in [0.15, 0.2) is 54.6 Å². The molecule has 0 N–H and O–H groups in total. The summed E-state index contributed by atoms with van der Waals surface area (Å²) in [5.74, 6) is -0.372. The van der Waals surface area contributed by atoms with E-state index in [1.165, 1.54) is 11.8 Å². The molecule has 0 aromatic heterocycles. The Kier molecular flexibility index (Phi) is 6.30. The Hall–Kier alpha value is -3.13. The summed E-state index contributed by atoms with van der Waals surface area (Å²) in [5, 5.41) is 9.03. The summed E-state index contributed by atoms with van der Waals surface area (Å²) in [4.78, 5) is 27.8. The zero-order valence-electron chi connectivity index (χ0n) is 14.5. The molecule has 0 aliphatic carbocycles. The minimum Gasteiger partial charge on any atom is -0.337 e. The Morgan fingerprint density at radius 2 is 1.80 bits per heavy atom. The molecule has 2 rings (SSSR count). The number of benzene rings is 2. The van der Waals surface area contributed by atoms with Gasteiger partial charge in [0.2, 0.25) is 11.8 Å². The van der Waals surface area contributed by atoms with Crippen molar-refractivity contribution in [2.75, 3.05) is 18.0 Å². The third kappa shape index (κ3) is 4.92. The van der Waals surface area contributed by atoms with E-state index in [-0.39, 0.29) is 18.4 Å². The van der Waals surface area contributed by atoms with Gasteiger partial charge in [0.1, 0.15) is 6.54 Å². The molecule has 0 heterocycles. The fourth-order valence-electron chi connectivity index (χ4n) is 2.54. The van der Waals surface area contributed by atoms with Crippen LogP contribution in [0.25, 0.3) is 0 Å². The highest BCUT2D eigenvalue weighted by atomic mass is 16.2. The molecule has 2 amide bonds. The molecule has 2 aromatic rings. The molecule has 25 heavy (non-hydrogen) atoms. The Morgan fingerprint density at radius 1 is 1.08 bits per heavy atom. The zero-order chi connectivity index (χ0) is 18.2. The fraction of sp³-hybridized carbons (Fsp3) is 0.250. The number of carbonyl (C=O) groups is 2. The van der Waals surface area contributed by atoms with Gasteiger partial charge in [0.25, 0.3) is 0 Å². The number of nitriles is 1. The van der Waals surface area contributed by atoms with Crippen molar-refractivity contribution in [1.82, 2.24) is 4.90 Å². The first kappa shape index (κ1) is 18.2. The largest absolute Gasteiger partial charge is 0.337 e. The lowest BCUT2D eigenvalue weighted by atomic mass is 10.2. The van der Waals surface area contributed by atoms with E-state index in [1.54, 1.807) is 29.2 Å². The van der Waals surface area contributed by atoms with Gasteiger partial charge >= 0.3 is 0 Å². The van der Waals surface area contributed by atoms with Gasteiger partial charge in [-0.25, -0.2) is 0 Å². The first-order valence-electron chi connectivity index (χ1n) is 8.15. The average molecular weight is 335 g/mol. The maximum absolute atomic E-state index is 12.7. The molecule has 0 aliphatic rings. The zero-order valence-corrected chi connectivity index (χ0v) is 14.5. The predicted octanol–water partition coefficient (Wildman–Crippen LogP) is 2.96. The second-order valence-corrected chi connectivity index (χ2v) is 5.66. The Morgan fingerprint density at radius 3 is 2.40 bits per heavy atom. The van der Waals surface area contributed by atoms with Gasteiger partial charge in [0, 0.05) is 25.7 Å². The highest BCUT2D eigenvalue weighted by Crippen LogP contribution is 2.17. The van der Waals surface area contributed by atoms with Crippen LogP contribution in [0.4, 0.5) is 5.69 Å². The SMILES string of the molecule is CCN(Cc1ccccc1)C(=O)CN(C(C)=O)c1cccc(C#N)c1. The number of rotatable bonds is 6. The molecular formula is C20H21N3O2. The second kappa shape index (κ2) is 8.65. The lowest BCUT2D eigenvalue weighted by Gasteiger charge is -2.26. The van der Waals surface area contributed by atoms with Crippen LogP contribution >= 0.6 is 0 Å². The second-order valence-electron chi connectivity index (χ2n) is 5.66. The summed E-state index contributed by atoms with van der Waals surface area (Å²) < 4.78 is 0. The maximum Gasteiger partial charge on any atom is 0.242 e. The Bertz CT molecular complexity index is 781. The smallest absolute Gasteiger partial charge is 0.242 e. The first-order chi connectivity index (χ1) is 12.0. The topological polar surface area (TPSA) is 64.4 Å². The summed E-state index contributed by atoms with van der Waals surface area (Å²) in [6.45, 7) is 4.33. The van der Waals surface area contributed by atoms with Gasteiger partial charge in [-0.05, 0) is 30.7 Å². The van der Waals surface area contributed by atoms with Crippen molar-refractivity contribution in [3.05, 3.63) is 65.7 Å². The number of nitrogens with zero attached hydrogens (tertiary/aromatic N) is 3. The van der Waals surface area contributed by atoms with Crippen LogP contribution in [0.3, 0.4) is 0 Å². The molecule has 0 saturated carbocycles. The van der Waals surface area contributed by atoms with Crippen molar-refractivity contribution in [1.29, 1.82) is 5.26 Å². The van der Waals surface area contributed by atoms with E-state index >= 15 is 0 Å². The van der Waals surface area contributed by atoms with Crippen molar-refractivity contribution < 1.29 is 9.59 Å². The summed E-state index contributed by atoms with van der Waals surface area (Å²) in [7, 11) is 0. The van der Waals surface area contributed by atoms with Crippen molar-refractivity contribution in [2.24, 2.45) is 0 Å². The Balaban J connectivity index is 2.16. The quantitative estimate of drug-likeness (QED) is 0.815. The number of likely N-dealkylation sites (N-methyl/N-ethyl adjacent to an activating group) is 1. The molecular weight excluding hydrogens is 314 g/mol. The van der Waals surface area contributed by atoms with Gasteiger partial charge in [-0.3, -0.25) is 9.59 Å². The van der Waals surface area contributed by atoms with Crippen LogP contribution in [0.2, 0.25) is 0 Å². The first-order valence-corrected chi connectivity index (χ1v) is 8.15. The molecule has 128 valence electrons.